The van der Waals surface area contributed by atoms with Crippen LogP contribution in [0.25, 0.3) is 10.8 Å². The number of rotatable bonds is 8. The number of hydrogen-bond donors (Lipinski definition) is 1. The predicted molar refractivity (Wildman–Crippen MR) is 182 cm³/mol. The average Bonchev–Trinajstić information content (AvgIpc) is 3.37. The molecule has 7 nitrogen and oxygen atoms in total. The van der Waals surface area contributed by atoms with Gasteiger partial charge in [0.25, 0.3) is 11.8 Å². The number of aliphatic hydroxyl groups excluding tert-OH is 1. The summed E-state index contributed by atoms with van der Waals surface area (Å²) in [6, 6.07) is 37.2. The number of aliphatic hydroxyl groups is 1. The fourth-order valence-electron chi connectivity index (χ4n) is 6.73. The molecule has 2 heterocycles. The van der Waals surface area contributed by atoms with Crippen LogP contribution >= 0.6 is 0 Å². The van der Waals surface area contributed by atoms with Gasteiger partial charge in [0.05, 0.1) is 35.6 Å². The Morgan fingerprint density at radius 1 is 0.766 bits per heavy atom. The van der Waals surface area contributed by atoms with Crippen LogP contribution in [0.5, 0.6) is 0 Å². The molecule has 7 heteroatoms. The maximum absolute atomic E-state index is 13.3. The Hall–Kier alpha value is -4.66. The lowest BCUT2D eigenvalue weighted by Gasteiger charge is -2.43. The third-order valence-corrected chi connectivity index (χ3v) is 9.70. The number of likely N-dealkylation sites (N-methyl/N-ethyl adjacent to an activating group) is 1. The Kier molecular flexibility index (Phi) is 8.47. The van der Waals surface area contributed by atoms with Crippen molar-refractivity contribution in [2.45, 2.75) is 45.0 Å². The average molecular weight is 627 g/mol. The van der Waals surface area contributed by atoms with E-state index in [1.54, 1.807) is 30.3 Å². The number of carbonyl (C=O) groups excluding carboxylic acids is 2. The van der Waals surface area contributed by atoms with Crippen molar-refractivity contribution in [3.8, 4) is 0 Å². The molecule has 0 unspecified atom stereocenters. The maximum atomic E-state index is 13.3. The molecule has 2 amide bonds. The number of fused-ring (bicyclic) bond motifs is 2. The summed E-state index contributed by atoms with van der Waals surface area (Å²) in [5.41, 5.74) is 5.05. The quantitative estimate of drug-likeness (QED) is 0.179. The zero-order valence-electron chi connectivity index (χ0n) is 26.7. The monoisotopic (exact) mass is 626 g/mol. The maximum Gasteiger partial charge on any atom is 0.266 e. The van der Waals surface area contributed by atoms with E-state index >= 15 is 0 Å². The first-order valence-electron chi connectivity index (χ1n) is 16.1. The highest BCUT2D eigenvalue weighted by atomic mass is 16.7. The van der Waals surface area contributed by atoms with Gasteiger partial charge in [0, 0.05) is 24.1 Å². The number of amides is 2. The van der Waals surface area contributed by atoms with Gasteiger partial charge in [0.2, 0.25) is 0 Å². The molecule has 0 bridgehead atoms. The Bertz CT molecular complexity index is 1900. The van der Waals surface area contributed by atoms with E-state index < -0.39 is 6.29 Å². The predicted octanol–water partition coefficient (Wildman–Crippen LogP) is 7.62. The molecule has 1 fully saturated rings. The third kappa shape index (κ3) is 5.88. The highest BCUT2D eigenvalue weighted by Gasteiger charge is 2.40. The Morgan fingerprint density at radius 2 is 1.45 bits per heavy atom. The van der Waals surface area contributed by atoms with Gasteiger partial charge in [-0.2, -0.15) is 0 Å². The van der Waals surface area contributed by atoms with Gasteiger partial charge in [-0.3, -0.25) is 14.5 Å². The second-order valence-corrected chi connectivity index (χ2v) is 12.6. The normalized spacial score (nSPS) is 21.8. The highest BCUT2D eigenvalue weighted by molar-refractivity contribution is 6.34. The molecule has 0 saturated carbocycles. The van der Waals surface area contributed by atoms with Crippen LogP contribution in [-0.2, 0) is 16.1 Å². The SMILES string of the molecule is C[C@@H]1[C@H](CN(C)[C@H](C)c2ccc3ccccc3c2)O[C@H](c2cccc(N3C(=O)c4ccccc4C3=O)c2)O[C@@H]1c1ccc(CO)cc1. The van der Waals surface area contributed by atoms with Crippen molar-refractivity contribution in [3.63, 3.8) is 0 Å². The number of benzene rings is 5. The molecule has 7 rings (SSSR count). The van der Waals surface area contributed by atoms with E-state index in [-0.39, 0.29) is 42.6 Å². The lowest BCUT2D eigenvalue weighted by molar-refractivity contribution is -0.276. The van der Waals surface area contributed by atoms with Crippen LogP contribution in [0.3, 0.4) is 0 Å². The zero-order chi connectivity index (χ0) is 32.7. The first kappa shape index (κ1) is 31.0. The van der Waals surface area contributed by atoms with Gasteiger partial charge < -0.3 is 14.6 Å². The largest absolute Gasteiger partial charge is 0.392 e. The second kappa shape index (κ2) is 12.9. The van der Waals surface area contributed by atoms with E-state index in [4.69, 9.17) is 9.47 Å². The van der Waals surface area contributed by atoms with Crippen LogP contribution in [0.2, 0.25) is 0 Å². The van der Waals surface area contributed by atoms with Crippen LogP contribution in [0, 0.1) is 5.92 Å². The summed E-state index contributed by atoms with van der Waals surface area (Å²) < 4.78 is 13.4. The fraction of sp³-hybridized carbons (Fsp3) is 0.250. The van der Waals surface area contributed by atoms with Crippen molar-refractivity contribution in [3.05, 3.63) is 149 Å². The Labute approximate surface area is 275 Å². The molecule has 5 aromatic rings. The first-order chi connectivity index (χ1) is 22.8. The Balaban J connectivity index is 1.18. The molecule has 0 spiro atoms. The van der Waals surface area contributed by atoms with Crippen LogP contribution in [0.4, 0.5) is 5.69 Å². The summed E-state index contributed by atoms with van der Waals surface area (Å²) in [5.74, 6) is -0.686. The van der Waals surface area contributed by atoms with Crippen molar-refractivity contribution in [1.29, 1.82) is 0 Å². The number of hydrogen-bond acceptors (Lipinski definition) is 6. The zero-order valence-corrected chi connectivity index (χ0v) is 26.7. The van der Waals surface area contributed by atoms with Crippen molar-refractivity contribution >= 4 is 28.3 Å². The molecule has 47 heavy (non-hydrogen) atoms. The number of nitrogens with zero attached hydrogens (tertiary/aromatic N) is 2. The minimum absolute atomic E-state index is 0.00287. The molecule has 0 radical (unpaired) electrons. The van der Waals surface area contributed by atoms with Crippen molar-refractivity contribution in [1.82, 2.24) is 4.90 Å². The molecule has 2 aliphatic heterocycles. The summed E-state index contributed by atoms with van der Waals surface area (Å²) in [7, 11) is 2.12. The van der Waals surface area contributed by atoms with Gasteiger partial charge in [-0.1, -0.05) is 91.9 Å². The number of imide groups is 1. The summed E-state index contributed by atoms with van der Waals surface area (Å²) in [5, 5.41) is 12.1. The lowest BCUT2D eigenvalue weighted by Crippen LogP contribution is -2.44. The standard InChI is InChI=1S/C40H38N2O5/c1-25-36(23-41(3)26(2)30-20-19-28-9-4-5-10-31(28)21-30)46-40(47-37(25)29-17-15-27(24-43)16-18-29)32-11-8-12-33(22-32)42-38(44)34-13-6-7-14-35(34)39(42)45/h4-22,25-26,36-37,40,43H,23-24H2,1-3H3/t25-,26-,36+,37+,40+/m1/s1. The van der Waals surface area contributed by atoms with Crippen molar-refractivity contribution in [2.75, 3.05) is 18.5 Å². The second-order valence-electron chi connectivity index (χ2n) is 12.6. The molecule has 5 atom stereocenters. The van der Waals surface area contributed by atoms with Crippen LogP contribution in [-0.4, -0.2) is 41.5 Å². The molecule has 1 N–H and O–H groups in total. The molecule has 0 aliphatic carbocycles. The van der Waals surface area contributed by atoms with E-state index in [0.29, 0.717) is 23.4 Å². The molecule has 0 aromatic heterocycles. The molecule has 1 saturated heterocycles. The van der Waals surface area contributed by atoms with Crippen molar-refractivity contribution < 1.29 is 24.2 Å². The highest BCUT2D eigenvalue weighted by Crippen LogP contribution is 2.43. The number of carbonyl (C=O) groups is 2. The molecular weight excluding hydrogens is 588 g/mol. The van der Waals surface area contributed by atoms with Gasteiger partial charge in [-0.15, -0.1) is 0 Å². The molecule has 238 valence electrons. The van der Waals surface area contributed by atoms with Crippen LogP contribution in [0.15, 0.2) is 115 Å². The lowest BCUT2D eigenvalue weighted by atomic mass is 9.89. The molecule has 5 aromatic carbocycles. The van der Waals surface area contributed by atoms with E-state index in [2.05, 4.69) is 68.3 Å². The first-order valence-corrected chi connectivity index (χ1v) is 16.1. The van der Waals surface area contributed by atoms with Crippen LogP contribution in [0.1, 0.15) is 75.3 Å². The van der Waals surface area contributed by atoms with E-state index in [1.165, 1.54) is 21.2 Å². The van der Waals surface area contributed by atoms with Gasteiger partial charge in [0.1, 0.15) is 0 Å². The van der Waals surface area contributed by atoms with Gasteiger partial charge >= 0.3 is 0 Å². The number of ether oxygens (including phenoxy) is 2. The van der Waals surface area contributed by atoms with Crippen molar-refractivity contribution in [2.24, 2.45) is 5.92 Å². The minimum atomic E-state index is -0.738. The minimum Gasteiger partial charge on any atom is -0.392 e. The van der Waals surface area contributed by atoms with Gasteiger partial charge in [-0.25, -0.2) is 4.90 Å². The van der Waals surface area contributed by atoms with E-state index in [0.717, 1.165) is 16.7 Å². The third-order valence-electron chi connectivity index (χ3n) is 9.70. The summed E-state index contributed by atoms with van der Waals surface area (Å²) in [6.07, 6.45) is -1.23. The molecule has 2 aliphatic rings. The molecular formula is C40H38N2O5. The summed E-state index contributed by atoms with van der Waals surface area (Å²) in [4.78, 5) is 30.1. The van der Waals surface area contributed by atoms with Gasteiger partial charge in [-0.05, 0) is 71.8 Å². The smallest absolute Gasteiger partial charge is 0.266 e. The van der Waals surface area contributed by atoms with Crippen LogP contribution < -0.4 is 4.90 Å². The van der Waals surface area contributed by atoms with Gasteiger partial charge in [0.15, 0.2) is 6.29 Å². The van der Waals surface area contributed by atoms with E-state index in [1.807, 2.05) is 42.5 Å². The summed E-state index contributed by atoms with van der Waals surface area (Å²) in [6.45, 7) is 4.98. The summed E-state index contributed by atoms with van der Waals surface area (Å²) >= 11 is 0. The van der Waals surface area contributed by atoms with E-state index in [9.17, 15) is 14.7 Å². The topological polar surface area (TPSA) is 79.3 Å². The fourth-order valence-corrected chi connectivity index (χ4v) is 6.73. The Morgan fingerprint density at radius 3 is 2.15 bits per heavy atom. The number of anilines is 1.